The number of nitrogens with zero attached hydrogens (tertiary/aromatic N) is 2. The van der Waals surface area contributed by atoms with Gasteiger partial charge in [-0.2, -0.15) is 5.10 Å². The standard InChI is InChI=1S/C17H15ClN2O2/c1-21-14-6-7-15-16(8-14)22-10-11-9-20(19-17(11)15)13-4-2-12(18)3-5-13/h2-8,11H,9-10H2,1H3. The van der Waals surface area contributed by atoms with Crippen LogP contribution in [0, 0.1) is 5.92 Å². The number of hydrogen-bond donors (Lipinski definition) is 0. The van der Waals surface area contributed by atoms with Crippen molar-refractivity contribution in [2.24, 2.45) is 11.0 Å². The molecule has 0 fully saturated rings. The molecule has 2 heterocycles. The average molecular weight is 315 g/mol. The van der Waals surface area contributed by atoms with Gasteiger partial charge in [-0.05, 0) is 36.4 Å². The van der Waals surface area contributed by atoms with Gasteiger partial charge in [0.15, 0.2) is 0 Å². The van der Waals surface area contributed by atoms with Gasteiger partial charge in [-0.25, -0.2) is 0 Å². The minimum absolute atomic E-state index is 0.288. The van der Waals surface area contributed by atoms with Crippen LogP contribution in [-0.4, -0.2) is 26.0 Å². The number of methoxy groups -OCH3 is 1. The van der Waals surface area contributed by atoms with E-state index in [9.17, 15) is 0 Å². The molecule has 1 unspecified atom stereocenters. The van der Waals surface area contributed by atoms with Crippen molar-refractivity contribution in [3.63, 3.8) is 0 Å². The largest absolute Gasteiger partial charge is 0.497 e. The van der Waals surface area contributed by atoms with E-state index in [1.165, 1.54) is 0 Å². The molecule has 2 aliphatic rings. The average Bonchev–Trinajstić information content (AvgIpc) is 2.99. The fraction of sp³-hybridized carbons (Fsp3) is 0.235. The molecule has 0 spiro atoms. The number of anilines is 1. The fourth-order valence-electron chi connectivity index (χ4n) is 2.88. The summed E-state index contributed by atoms with van der Waals surface area (Å²) in [6.07, 6.45) is 0. The first-order valence-corrected chi connectivity index (χ1v) is 7.55. The Morgan fingerprint density at radius 2 is 2.05 bits per heavy atom. The third-order valence-electron chi connectivity index (χ3n) is 4.04. The molecule has 22 heavy (non-hydrogen) atoms. The maximum atomic E-state index is 5.95. The van der Waals surface area contributed by atoms with Crippen LogP contribution in [0.1, 0.15) is 5.56 Å². The molecule has 2 aromatic carbocycles. The summed E-state index contributed by atoms with van der Waals surface area (Å²) in [4.78, 5) is 0. The summed E-state index contributed by atoms with van der Waals surface area (Å²) >= 11 is 5.95. The quantitative estimate of drug-likeness (QED) is 0.849. The van der Waals surface area contributed by atoms with Gasteiger partial charge in [-0.15, -0.1) is 0 Å². The van der Waals surface area contributed by atoms with Crippen LogP contribution in [-0.2, 0) is 0 Å². The van der Waals surface area contributed by atoms with Crippen LogP contribution in [0.2, 0.25) is 5.02 Å². The lowest BCUT2D eigenvalue weighted by Crippen LogP contribution is -2.29. The molecule has 0 aromatic heterocycles. The number of ether oxygens (including phenoxy) is 2. The summed E-state index contributed by atoms with van der Waals surface area (Å²) in [5.41, 5.74) is 3.17. The van der Waals surface area contributed by atoms with E-state index < -0.39 is 0 Å². The lowest BCUT2D eigenvalue weighted by molar-refractivity contribution is 0.278. The molecule has 0 saturated carbocycles. The molecule has 0 aliphatic carbocycles. The van der Waals surface area contributed by atoms with Crippen molar-refractivity contribution >= 4 is 23.0 Å². The molecular weight excluding hydrogens is 300 g/mol. The number of halogens is 1. The van der Waals surface area contributed by atoms with Gasteiger partial charge in [0.05, 0.1) is 37.6 Å². The molecule has 0 bridgehead atoms. The van der Waals surface area contributed by atoms with E-state index in [1.807, 2.05) is 47.5 Å². The van der Waals surface area contributed by atoms with Gasteiger partial charge in [0.25, 0.3) is 0 Å². The van der Waals surface area contributed by atoms with Crippen molar-refractivity contribution in [2.75, 3.05) is 25.3 Å². The monoisotopic (exact) mass is 314 g/mol. The maximum Gasteiger partial charge on any atom is 0.132 e. The zero-order valence-corrected chi connectivity index (χ0v) is 12.9. The van der Waals surface area contributed by atoms with Crippen LogP contribution in [0.4, 0.5) is 5.69 Å². The van der Waals surface area contributed by atoms with E-state index in [1.54, 1.807) is 7.11 Å². The fourth-order valence-corrected chi connectivity index (χ4v) is 3.01. The summed E-state index contributed by atoms with van der Waals surface area (Å²) in [5.74, 6) is 1.93. The molecule has 0 saturated heterocycles. The second-order valence-electron chi connectivity index (χ2n) is 5.41. The predicted molar refractivity (Wildman–Crippen MR) is 87.3 cm³/mol. The number of fused-ring (bicyclic) bond motifs is 3. The summed E-state index contributed by atoms with van der Waals surface area (Å²) < 4.78 is 11.1. The lowest BCUT2D eigenvalue weighted by Gasteiger charge is -2.23. The zero-order valence-electron chi connectivity index (χ0n) is 12.1. The third-order valence-corrected chi connectivity index (χ3v) is 4.29. The molecule has 0 N–H and O–H groups in total. The Morgan fingerprint density at radius 1 is 1.23 bits per heavy atom. The van der Waals surface area contributed by atoms with Crippen molar-refractivity contribution < 1.29 is 9.47 Å². The van der Waals surface area contributed by atoms with Crippen molar-refractivity contribution in [2.45, 2.75) is 0 Å². The molecule has 4 rings (SSSR count). The van der Waals surface area contributed by atoms with Gasteiger partial charge in [-0.3, -0.25) is 5.01 Å². The number of hydrazone groups is 1. The minimum atomic E-state index is 0.288. The Balaban J connectivity index is 1.70. The van der Waals surface area contributed by atoms with Crippen LogP contribution in [0.25, 0.3) is 0 Å². The molecule has 0 amide bonds. The molecule has 112 valence electrons. The highest BCUT2D eigenvalue weighted by Crippen LogP contribution is 2.35. The third kappa shape index (κ3) is 2.20. The second-order valence-corrected chi connectivity index (χ2v) is 5.85. The second kappa shape index (κ2) is 5.21. The Labute approximate surface area is 133 Å². The van der Waals surface area contributed by atoms with E-state index in [0.29, 0.717) is 6.61 Å². The Bertz CT molecular complexity index is 743. The maximum absolute atomic E-state index is 5.95. The van der Waals surface area contributed by atoms with E-state index in [4.69, 9.17) is 26.2 Å². The molecule has 0 radical (unpaired) electrons. The highest BCUT2D eigenvalue weighted by atomic mass is 35.5. The summed E-state index contributed by atoms with van der Waals surface area (Å²) in [7, 11) is 1.66. The lowest BCUT2D eigenvalue weighted by atomic mass is 9.95. The first-order valence-electron chi connectivity index (χ1n) is 7.17. The van der Waals surface area contributed by atoms with E-state index >= 15 is 0 Å². The first-order chi connectivity index (χ1) is 10.7. The summed E-state index contributed by atoms with van der Waals surface area (Å²) in [6, 6.07) is 13.6. The van der Waals surface area contributed by atoms with E-state index in [2.05, 4.69) is 0 Å². The Kier molecular flexibility index (Phi) is 3.19. The van der Waals surface area contributed by atoms with Crippen molar-refractivity contribution in [1.82, 2.24) is 0 Å². The summed E-state index contributed by atoms with van der Waals surface area (Å²) in [5, 5.41) is 7.54. The van der Waals surface area contributed by atoms with Crippen molar-refractivity contribution in [3.05, 3.63) is 53.1 Å². The number of benzene rings is 2. The van der Waals surface area contributed by atoms with Crippen LogP contribution < -0.4 is 14.5 Å². The first kappa shape index (κ1) is 13.5. The zero-order chi connectivity index (χ0) is 15.1. The minimum Gasteiger partial charge on any atom is -0.497 e. The molecule has 5 heteroatoms. The van der Waals surface area contributed by atoms with Crippen LogP contribution in [0.3, 0.4) is 0 Å². The molecule has 1 atom stereocenters. The summed E-state index contributed by atoms with van der Waals surface area (Å²) in [6.45, 7) is 1.46. The Hall–Kier alpha value is -2.20. The predicted octanol–water partition coefficient (Wildman–Crippen LogP) is 3.58. The van der Waals surface area contributed by atoms with Crippen molar-refractivity contribution in [1.29, 1.82) is 0 Å². The van der Waals surface area contributed by atoms with Crippen LogP contribution in [0.15, 0.2) is 47.6 Å². The van der Waals surface area contributed by atoms with Gasteiger partial charge in [0.2, 0.25) is 0 Å². The molecule has 2 aromatic rings. The normalized spacial score (nSPS) is 19.1. The topological polar surface area (TPSA) is 34.1 Å². The number of hydrogen-bond acceptors (Lipinski definition) is 4. The Morgan fingerprint density at radius 3 is 2.82 bits per heavy atom. The SMILES string of the molecule is COc1ccc2c(c1)OCC1CN(c3ccc(Cl)cc3)N=C21. The van der Waals surface area contributed by atoms with Crippen LogP contribution >= 0.6 is 11.6 Å². The van der Waals surface area contributed by atoms with E-state index in [-0.39, 0.29) is 5.92 Å². The van der Waals surface area contributed by atoms with Crippen LogP contribution in [0.5, 0.6) is 11.5 Å². The van der Waals surface area contributed by atoms with E-state index in [0.717, 1.165) is 40.0 Å². The highest BCUT2D eigenvalue weighted by Gasteiger charge is 2.34. The van der Waals surface area contributed by atoms with Gasteiger partial charge >= 0.3 is 0 Å². The van der Waals surface area contributed by atoms with Gasteiger partial charge < -0.3 is 9.47 Å². The molecular formula is C17H15ClN2O2. The van der Waals surface area contributed by atoms with Gasteiger partial charge in [-0.1, -0.05) is 11.6 Å². The van der Waals surface area contributed by atoms with Gasteiger partial charge in [0.1, 0.15) is 11.5 Å². The highest BCUT2D eigenvalue weighted by molar-refractivity contribution is 6.30. The van der Waals surface area contributed by atoms with Crippen molar-refractivity contribution in [3.8, 4) is 11.5 Å². The smallest absolute Gasteiger partial charge is 0.132 e. The molecule has 2 aliphatic heterocycles. The van der Waals surface area contributed by atoms with Gasteiger partial charge in [0, 0.05) is 16.7 Å². The number of rotatable bonds is 2. The molecule has 4 nitrogen and oxygen atoms in total.